The Bertz CT molecular complexity index is 1400. The topological polar surface area (TPSA) is 92.7 Å². The number of halogens is 3. The van der Waals surface area contributed by atoms with Crippen molar-refractivity contribution in [2.45, 2.75) is 33.0 Å². The molecule has 1 saturated heterocycles. The number of aryl methyl sites for hydroxylation is 1. The third kappa shape index (κ3) is 5.92. The summed E-state index contributed by atoms with van der Waals surface area (Å²) in [6.45, 7) is 5.34. The van der Waals surface area contributed by atoms with Gasteiger partial charge in [-0.1, -0.05) is 36.4 Å². The van der Waals surface area contributed by atoms with Gasteiger partial charge in [-0.3, -0.25) is 9.59 Å². The molecule has 11 heteroatoms. The van der Waals surface area contributed by atoms with Crippen LogP contribution >= 0.6 is 0 Å². The average molecular weight is 541 g/mol. The van der Waals surface area contributed by atoms with Crippen molar-refractivity contribution in [3.63, 3.8) is 0 Å². The fourth-order valence-electron chi connectivity index (χ4n) is 4.52. The highest BCUT2D eigenvalue weighted by atomic mass is 19.4. The van der Waals surface area contributed by atoms with E-state index in [-0.39, 0.29) is 54.6 Å². The van der Waals surface area contributed by atoms with E-state index in [1.54, 1.807) is 45.0 Å². The van der Waals surface area contributed by atoms with Gasteiger partial charge in [0.15, 0.2) is 0 Å². The van der Waals surface area contributed by atoms with Gasteiger partial charge in [-0.25, -0.2) is 14.8 Å². The fraction of sp³-hybridized carbons (Fsp3) is 0.321. The van der Waals surface area contributed by atoms with Crippen molar-refractivity contribution in [2.75, 3.05) is 26.2 Å². The molecule has 2 aromatic carbocycles. The number of hydrogen-bond acceptors (Lipinski definition) is 6. The number of aromatic nitrogens is 2. The van der Waals surface area contributed by atoms with Crippen molar-refractivity contribution in [1.82, 2.24) is 19.8 Å². The largest absolute Gasteiger partial charge is 0.462 e. The summed E-state index contributed by atoms with van der Waals surface area (Å²) in [4.78, 5) is 51.4. The molecular formula is C28H27F3N4O4. The standard InChI is InChI=1S/C28H27F3N4O4/c1-4-39-27(38)22-23(19-9-6-5-7-10-19)32-18(3)33-24(22)26(37)34-13-14-35(17(2)16-34)25(36)20-11-8-12-21(15-20)28(29,30)31/h5-12,15,17H,4,13-14,16H2,1-3H3. The van der Waals surface area contributed by atoms with Crippen LogP contribution in [-0.2, 0) is 10.9 Å². The van der Waals surface area contributed by atoms with Crippen molar-refractivity contribution in [3.05, 3.63) is 82.8 Å². The maximum atomic E-state index is 13.7. The highest BCUT2D eigenvalue weighted by Crippen LogP contribution is 2.30. The van der Waals surface area contributed by atoms with Crippen LogP contribution in [0.5, 0.6) is 0 Å². The van der Waals surface area contributed by atoms with Crippen molar-refractivity contribution in [1.29, 1.82) is 0 Å². The Morgan fingerprint density at radius 2 is 1.72 bits per heavy atom. The zero-order valence-electron chi connectivity index (χ0n) is 21.7. The van der Waals surface area contributed by atoms with Gasteiger partial charge in [-0.05, 0) is 39.0 Å². The van der Waals surface area contributed by atoms with E-state index in [2.05, 4.69) is 9.97 Å². The molecule has 1 aliphatic rings. The summed E-state index contributed by atoms with van der Waals surface area (Å²) in [6.07, 6.45) is -4.57. The highest BCUT2D eigenvalue weighted by molar-refractivity contribution is 6.07. The van der Waals surface area contributed by atoms with Gasteiger partial charge in [0.05, 0.1) is 17.9 Å². The van der Waals surface area contributed by atoms with Gasteiger partial charge in [-0.2, -0.15) is 13.2 Å². The lowest BCUT2D eigenvalue weighted by atomic mass is 10.0. The number of carbonyl (C=O) groups is 3. The van der Waals surface area contributed by atoms with E-state index in [9.17, 15) is 27.6 Å². The summed E-state index contributed by atoms with van der Waals surface area (Å²) in [5.74, 6) is -1.53. The van der Waals surface area contributed by atoms with Gasteiger partial charge in [0, 0.05) is 36.8 Å². The Kier molecular flexibility index (Phi) is 7.98. The molecule has 0 bridgehead atoms. The Balaban J connectivity index is 1.62. The number of rotatable bonds is 5. The van der Waals surface area contributed by atoms with E-state index in [1.807, 2.05) is 6.07 Å². The molecule has 1 atom stereocenters. The third-order valence-electron chi connectivity index (χ3n) is 6.36. The predicted molar refractivity (Wildman–Crippen MR) is 136 cm³/mol. The van der Waals surface area contributed by atoms with Crippen molar-refractivity contribution >= 4 is 17.8 Å². The normalized spacial score (nSPS) is 15.7. The molecule has 8 nitrogen and oxygen atoms in total. The molecule has 2 amide bonds. The highest BCUT2D eigenvalue weighted by Gasteiger charge is 2.36. The number of alkyl halides is 3. The van der Waals surface area contributed by atoms with Crippen LogP contribution in [0.15, 0.2) is 54.6 Å². The molecule has 0 aliphatic carbocycles. The number of nitrogens with zero attached hydrogens (tertiary/aromatic N) is 4. The molecule has 1 fully saturated rings. The third-order valence-corrected chi connectivity index (χ3v) is 6.36. The number of carbonyl (C=O) groups excluding carboxylic acids is 3. The number of piperazine rings is 1. The van der Waals surface area contributed by atoms with Crippen molar-refractivity contribution < 1.29 is 32.3 Å². The molecular weight excluding hydrogens is 513 g/mol. The maximum absolute atomic E-state index is 13.7. The first-order valence-corrected chi connectivity index (χ1v) is 12.4. The minimum atomic E-state index is -4.57. The Labute approximate surface area is 223 Å². The first kappa shape index (κ1) is 27.7. The van der Waals surface area contributed by atoms with Gasteiger partial charge >= 0.3 is 12.1 Å². The van der Waals surface area contributed by atoms with Crippen LogP contribution in [0, 0.1) is 6.92 Å². The number of benzene rings is 2. The molecule has 0 N–H and O–H groups in total. The zero-order chi connectivity index (χ0) is 28.3. The molecule has 39 heavy (non-hydrogen) atoms. The van der Waals surface area contributed by atoms with E-state index >= 15 is 0 Å². The molecule has 1 aliphatic heterocycles. The molecule has 1 unspecified atom stereocenters. The lowest BCUT2D eigenvalue weighted by molar-refractivity contribution is -0.137. The van der Waals surface area contributed by atoms with Gasteiger partial charge in [-0.15, -0.1) is 0 Å². The average Bonchev–Trinajstić information content (AvgIpc) is 2.92. The summed E-state index contributed by atoms with van der Waals surface area (Å²) in [6, 6.07) is 12.7. The predicted octanol–water partition coefficient (Wildman–Crippen LogP) is 4.63. The van der Waals surface area contributed by atoms with E-state index in [0.717, 1.165) is 12.1 Å². The zero-order valence-corrected chi connectivity index (χ0v) is 21.7. The quantitative estimate of drug-likeness (QED) is 0.438. The Morgan fingerprint density at radius 3 is 2.36 bits per heavy atom. The second kappa shape index (κ2) is 11.2. The monoisotopic (exact) mass is 540 g/mol. The van der Waals surface area contributed by atoms with E-state index in [0.29, 0.717) is 5.56 Å². The van der Waals surface area contributed by atoms with Crippen LogP contribution in [0.1, 0.15) is 56.4 Å². The summed E-state index contributed by atoms with van der Waals surface area (Å²) in [7, 11) is 0. The minimum Gasteiger partial charge on any atom is -0.462 e. The summed E-state index contributed by atoms with van der Waals surface area (Å²) >= 11 is 0. The molecule has 0 radical (unpaired) electrons. The summed E-state index contributed by atoms with van der Waals surface area (Å²) < 4.78 is 44.7. The summed E-state index contributed by atoms with van der Waals surface area (Å²) in [5.41, 5.74) is -0.255. The Morgan fingerprint density at radius 1 is 1.00 bits per heavy atom. The Hall–Kier alpha value is -4.28. The van der Waals surface area contributed by atoms with Gasteiger partial charge < -0.3 is 14.5 Å². The second-order valence-corrected chi connectivity index (χ2v) is 9.11. The summed E-state index contributed by atoms with van der Waals surface area (Å²) in [5, 5.41) is 0. The maximum Gasteiger partial charge on any atom is 0.416 e. The molecule has 1 aromatic heterocycles. The lowest BCUT2D eigenvalue weighted by Crippen LogP contribution is -2.55. The van der Waals surface area contributed by atoms with E-state index < -0.39 is 35.6 Å². The number of hydrogen-bond donors (Lipinski definition) is 0. The van der Waals surface area contributed by atoms with Crippen LogP contribution < -0.4 is 0 Å². The molecule has 2 heterocycles. The smallest absolute Gasteiger partial charge is 0.416 e. The van der Waals surface area contributed by atoms with Gasteiger partial charge in [0.2, 0.25) is 0 Å². The lowest BCUT2D eigenvalue weighted by Gasteiger charge is -2.40. The van der Waals surface area contributed by atoms with Gasteiger partial charge in [0.25, 0.3) is 11.8 Å². The fourth-order valence-corrected chi connectivity index (χ4v) is 4.52. The molecule has 204 valence electrons. The number of amides is 2. The molecule has 0 spiro atoms. The molecule has 4 rings (SSSR count). The molecule has 0 saturated carbocycles. The van der Waals surface area contributed by atoms with E-state index in [4.69, 9.17) is 4.74 Å². The van der Waals surface area contributed by atoms with Crippen LogP contribution in [0.25, 0.3) is 11.3 Å². The van der Waals surface area contributed by atoms with Gasteiger partial charge in [0.1, 0.15) is 17.1 Å². The van der Waals surface area contributed by atoms with Crippen molar-refractivity contribution in [3.8, 4) is 11.3 Å². The van der Waals surface area contributed by atoms with Crippen LogP contribution in [0.4, 0.5) is 13.2 Å². The SMILES string of the molecule is CCOC(=O)c1c(C(=O)N2CCN(C(=O)c3cccc(C(F)(F)F)c3)C(C)C2)nc(C)nc1-c1ccccc1. The van der Waals surface area contributed by atoms with Crippen molar-refractivity contribution in [2.24, 2.45) is 0 Å². The minimum absolute atomic E-state index is 0.0474. The number of esters is 1. The first-order valence-electron chi connectivity index (χ1n) is 12.4. The van der Waals surface area contributed by atoms with Crippen LogP contribution in [-0.4, -0.2) is 69.8 Å². The first-order chi connectivity index (χ1) is 18.5. The van der Waals surface area contributed by atoms with E-state index in [1.165, 1.54) is 21.9 Å². The van der Waals surface area contributed by atoms with Crippen LogP contribution in [0.3, 0.4) is 0 Å². The number of ether oxygens (including phenoxy) is 1. The second-order valence-electron chi connectivity index (χ2n) is 9.11. The van der Waals surface area contributed by atoms with Crippen LogP contribution in [0.2, 0.25) is 0 Å². The molecule has 3 aromatic rings.